The second-order valence-corrected chi connectivity index (χ2v) is 4.71. The smallest absolute Gasteiger partial charge is 0.326 e. The molecule has 1 atom stereocenters. The van der Waals surface area contributed by atoms with Gasteiger partial charge in [-0.2, -0.15) is 0 Å². The first-order valence-corrected chi connectivity index (χ1v) is 6.50. The van der Waals surface area contributed by atoms with E-state index in [0.717, 1.165) is 0 Å². The molecule has 1 aromatic rings. The maximum atomic E-state index is 12.0. The number of hydrogen-bond acceptors (Lipinski definition) is 5. The summed E-state index contributed by atoms with van der Waals surface area (Å²) in [7, 11) is 0. The fourth-order valence-corrected chi connectivity index (χ4v) is 2.38. The van der Waals surface area contributed by atoms with E-state index in [9.17, 15) is 19.7 Å². The number of anilines is 1. The van der Waals surface area contributed by atoms with Crippen LogP contribution in [0, 0.1) is 10.1 Å². The van der Waals surface area contributed by atoms with Gasteiger partial charge in [-0.15, -0.1) is 0 Å². The van der Waals surface area contributed by atoms with Crippen molar-refractivity contribution in [2.24, 2.45) is 0 Å². The number of likely N-dealkylation sites (tertiary alicyclic amines) is 1. The molecule has 0 saturated carbocycles. The highest BCUT2D eigenvalue weighted by Crippen LogP contribution is 2.23. The largest absolute Gasteiger partial charge is 0.480 e. The molecule has 8 heteroatoms. The Morgan fingerprint density at radius 1 is 1.43 bits per heavy atom. The van der Waals surface area contributed by atoms with Crippen molar-refractivity contribution in [3.63, 3.8) is 0 Å². The molecule has 1 aliphatic rings. The predicted octanol–water partition coefficient (Wildman–Crippen LogP) is 1.08. The lowest BCUT2D eigenvalue weighted by molar-refractivity contribution is -0.383. The first-order chi connectivity index (χ1) is 10.0. The molecule has 2 N–H and O–H groups in total. The van der Waals surface area contributed by atoms with Crippen molar-refractivity contribution < 1.29 is 19.6 Å². The van der Waals surface area contributed by atoms with Crippen LogP contribution in [0.25, 0.3) is 0 Å². The minimum absolute atomic E-state index is 0.124. The molecule has 0 radical (unpaired) electrons. The topological polar surface area (TPSA) is 113 Å². The molecule has 1 fully saturated rings. The summed E-state index contributed by atoms with van der Waals surface area (Å²) in [4.78, 5) is 34.7. The highest BCUT2D eigenvalue weighted by molar-refractivity contribution is 5.87. The predicted molar refractivity (Wildman–Crippen MR) is 74.0 cm³/mol. The number of carbonyl (C=O) groups is 2. The molecule has 0 aromatic heterocycles. The molecule has 2 rings (SSSR count). The second kappa shape index (κ2) is 6.21. The Morgan fingerprint density at radius 2 is 2.14 bits per heavy atom. The van der Waals surface area contributed by atoms with E-state index in [-0.39, 0.29) is 23.8 Å². The van der Waals surface area contributed by atoms with Crippen molar-refractivity contribution in [1.82, 2.24) is 4.90 Å². The minimum Gasteiger partial charge on any atom is -0.480 e. The second-order valence-electron chi connectivity index (χ2n) is 4.71. The Hall–Kier alpha value is -2.64. The number of carbonyl (C=O) groups excluding carboxylic acids is 1. The van der Waals surface area contributed by atoms with Gasteiger partial charge in [-0.25, -0.2) is 4.79 Å². The summed E-state index contributed by atoms with van der Waals surface area (Å²) < 4.78 is 0. The summed E-state index contributed by atoms with van der Waals surface area (Å²) in [6.07, 6.45) is 1.08. The number of carboxylic acids is 1. The standard InChI is InChI=1S/C13H15N3O5/c17-12(15-7-3-6-11(15)13(18)19)8-14-9-4-1-2-5-10(9)16(20)21/h1-2,4-5,11,14H,3,6-8H2,(H,18,19). The van der Waals surface area contributed by atoms with Gasteiger partial charge in [-0.1, -0.05) is 12.1 Å². The average Bonchev–Trinajstić information content (AvgIpc) is 2.94. The van der Waals surface area contributed by atoms with Gasteiger partial charge < -0.3 is 15.3 Å². The molecule has 1 heterocycles. The van der Waals surface area contributed by atoms with E-state index >= 15 is 0 Å². The summed E-state index contributed by atoms with van der Waals surface area (Å²) in [5.41, 5.74) is 0.114. The van der Waals surface area contributed by atoms with Crippen molar-refractivity contribution in [2.45, 2.75) is 18.9 Å². The molecular weight excluding hydrogens is 278 g/mol. The van der Waals surface area contributed by atoms with Crippen LogP contribution >= 0.6 is 0 Å². The van der Waals surface area contributed by atoms with Gasteiger partial charge in [0.05, 0.1) is 11.5 Å². The van der Waals surface area contributed by atoms with Gasteiger partial charge in [0.15, 0.2) is 0 Å². The van der Waals surface area contributed by atoms with Gasteiger partial charge in [0, 0.05) is 12.6 Å². The Balaban J connectivity index is 2.02. The van der Waals surface area contributed by atoms with E-state index < -0.39 is 16.9 Å². The lowest BCUT2D eigenvalue weighted by Crippen LogP contribution is -2.43. The molecule has 1 aromatic carbocycles. The lowest BCUT2D eigenvalue weighted by Gasteiger charge is -2.21. The number of rotatable bonds is 5. The number of nitrogens with one attached hydrogen (secondary N) is 1. The highest BCUT2D eigenvalue weighted by atomic mass is 16.6. The molecule has 1 saturated heterocycles. The van der Waals surface area contributed by atoms with Crippen molar-refractivity contribution in [3.8, 4) is 0 Å². The van der Waals surface area contributed by atoms with Crippen LogP contribution in [0.15, 0.2) is 24.3 Å². The maximum Gasteiger partial charge on any atom is 0.326 e. The van der Waals surface area contributed by atoms with Gasteiger partial charge >= 0.3 is 5.97 Å². The van der Waals surface area contributed by atoms with E-state index in [4.69, 9.17) is 5.11 Å². The van der Waals surface area contributed by atoms with Gasteiger partial charge in [-0.3, -0.25) is 14.9 Å². The number of benzene rings is 1. The zero-order chi connectivity index (χ0) is 15.4. The third-order valence-electron chi connectivity index (χ3n) is 3.39. The third kappa shape index (κ3) is 3.28. The first-order valence-electron chi connectivity index (χ1n) is 6.50. The Labute approximate surface area is 120 Å². The lowest BCUT2D eigenvalue weighted by atomic mass is 10.2. The van der Waals surface area contributed by atoms with Crippen molar-refractivity contribution in [1.29, 1.82) is 0 Å². The van der Waals surface area contributed by atoms with E-state index in [2.05, 4.69) is 5.32 Å². The number of nitro benzene ring substituents is 1. The minimum atomic E-state index is -1.02. The van der Waals surface area contributed by atoms with Crippen LogP contribution in [0.3, 0.4) is 0 Å². The van der Waals surface area contributed by atoms with Crippen molar-refractivity contribution in [2.75, 3.05) is 18.4 Å². The number of nitro groups is 1. The highest BCUT2D eigenvalue weighted by Gasteiger charge is 2.33. The fourth-order valence-electron chi connectivity index (χ4n) is 2.38. The van der Waals surface area contributed by atoms with E-state index in [0.29, 0.717) is 19.4 Å². The van der Waals surface area contributed by atoms with Crippen LogP contribution < -0.4 is 5.32 Å². The van der Waals surface area contributed by atoms with Gasteiger partial charge in [-0.05, 0) is 18.9 Å². The monoisotopic (exact) mass is 293 g/mol. The third-order valence-corrected chi connectivity index (χ3v) is 3.39. The number of aliphatic carboxylic acids is 1. The van der Waals surface area contributed by atoms with Crippen molar-refractivity contribution in [3.05, 3.63) is 34.4 Å². The van der Waals surface area contributed by atoms with E-state index in [1.54, 1.807) is 6.07 Å². The van der Waals surface area contributed by atoms with Crippen LogP contribution in [0.1, 0.15) is 12.8 Å². The SMILES string of the molecule is O=C(O)C1CCCN1C(=O)CNc1ccccc1[N+](=O)[O-]. The van der Waals surface area contributed by atoms with Gasteiger partial charge in [0.2, 0.25) is 5.91 Å². The van der Waals surface area contributed by atoms with Crippen LogP contribution in [0.4, 0.5) is 11.4 Å². The van der Waals surface area contributed by atoms with Crippen molar-refractivity contribution >= 4 is 23.3 Å². The van der Waals surface area contributed by atoms with Crippen LogP contribution in [0.5, 0.6) is 0 Å². The fraction of sp³-hybridized carbons (Fsp3) is 0.385. The Bertz CT molecular complexity index is 575. The quantitative estimate of drug-likeness (QED) is 0.620. The molecule has 1 amide bonds. The van der Waals surface area contributed by atoms with Crippen LogP contribution in [-0.4, -0.2) is 45.9 Å². The number of para-hydroxylation sites is 2. The molecule has 1 unspecified atom stereocenters. The number of carboxylic acid groups (broad SMARTS) is 1. The number of hydrogen-bond donors (Lipinski definition) is 2. The molecule has 0 bridgehead atoms. The molecule has 112 valence electrons. The summed E-state index contributed by atoms with van der Waals surface area (Å²) in [5.74, 6) is -1.40. The molecule has 8 nitrogen and oxygen atoms in total. The number of nitrogens with zero attached hydrogens (tertiary/aromatic N) is 2. The summed E-state index contributed by atoms with van der Waals surface area (Å²) in [6, 6.07) is 5.19. The molecule has 0 aliphatic carbocycles. The van der Waals surface area contributed by atoms with Crippen LogP contribution in [-0.2, 0) is 9.59 Å². The van der Waals surface area contributed by atoms with E-state index in [1.165, 1.54) is 23.1 Å². The Kier molecular flexibility index (Phi) is 4.36. The normalized spacial score (nSPS) is 17.5. The first kappa shape index (κ1) is 14.8. The van der Waals surface area contributed by atoms with Crippen LogP contribution in [0.2, 0.25) is 0 Å². The van der Waals surface area contributed by atoms with Gasteiger partial charge in [0.25, 0.3) is 5.69 Å². The zero-order valence-corrected chi connectivity index (χ0v) is 11.2. The molecule has 21 heavy (non-hydrogen) atoms. The molecular formula is C13H15N3O5. The summed E-state index contributed by atoms with van der Waals surface area (Å²) in [6.45, 7) is 0.225. The zero-order valence-electron chi connectivity index (χ0n) is 11.2. The average molecular weight is 293 g/mol. The molecule has 0 spiro atoms. The maximum absolute atomic E-state index is 12.0. The molecule has 1 aliphatic heterocycles. The van der Waals surface area contributed by atoms with E-state index in [1.807, 2.05) is 0 Å². The summed E-state index contributed by atoms with van der Waals surface area (Å²) >= 11 is 0. The van der Waals surface area contributed by atoms with Gasteiger partial charge in [0.1, 0.15) is 11.7 Å². The summed E-state index contributed by atoms with van der Waals surface area (Å²) in [5, 5.41) is 22.6. The Morgan fingerprint density at radius 3 is 2.81 bits per heavy atom. The number of amides is 1.